The molecule has 0 fully saturated rings. The fourth-order valence-corrected chi connectivity index (χ4v) is 2.31. The maximum atomic E-state index is 11.1. The Labute approximate surface area is 99.3 Å². The van der Waals surface area contributed by atoms with Crippen LogP contribution >= 0.6 is 11.6 Å². The third kappa shape index (κ3) is 1.59. The summed E-state index contributed by atoms with van der Waals surface area (Å²) < 4.78 is 0. The Hall–Kier alpha value is -1.41. The molecule has 2 rings (SSSR count). The number of aromatic nitrogens is 1. The molecule has 0 N–H and O–H groups in total. The molecule has 1 aromatic heterocycles. The summed E-state index contributed by atoms with van der Waals surface area (Å²) in [6.07, 6.45) is 1.64. The normalized spacial score (nSPS) is 10.7. The van der Waals surface area contributed by atoms with E-state index in [1.54, 1.807) is 0 Å². The summed E-state index contributed by atoms with van der Waals surface area (Å²) in [4.78, 5) is 15.5. The molecule has 0 aliphatic carbocycles. The monoisotopic (exact) mass is 233 g/mol. The van der Waals surface area contributed by atoms with Gasteiger partial charge in [-0.2, -0.15) is 0 Å². The van der Waals surface area contributed by atoms with Crippen LogP contribution in [0.4, 0.5) is 0 Å². The van der Waals surface area contributed by atoms with Crippen molar-refractivity contribution in [1.29, 1.82) is 0 Å². The average molecular weight is 234 g/mol. The van der Waals surface area contributed by atoms with Gasteiger partial charge in [-0.15, -0.1) is 0 Å². The number of hydrogen-bond acceptors (Lipinski definition) is 2. The van der Waals surface area contributed by atoms with Crippen molar-refractivity contribution in [3.8, 4) is 0 Å². The van der Waals surface area contributed by atoms with Crippen molar-refractivity contribution in [2.75, 3.05) is 0 Å². The Balaban J connectivity index is 2.98. The smallest absolute Gasteiger partial charge is 0.152 e. The summed E-state index contributed by atoms with van der Waals surface area (Å²) in [5.74, 6) is 0. The summed E-state index contributed by atoms with van der Waals surface area (Å²) >= 11 is 6.17. The zero-order chi connectivity index (χ0) is 11.7. The number of benzene rings is 1. The van der Waals surface area contributed by atoms with E-state index in [4.69, 9.17) is 11.6 Å². The highest BCUT2D eigenvalue weighted by Crippen LogP contribution is 2.29. The average Bonchev–Trinajstić information content (AvgIpc) is 2.27. The molecule has 3 heteroatoms. The highest BCUT2D eigenvalue weighted by Gasteiger charge is 2.12. The lowest BCUT2D eigenvalue weighted by Gasteiger charge is -2.10. The zero-order valence-electron chi connectivity index (χ0n) is 9.25. The predicted molar refractivity (Wildman–Crippen MR) is 66.3 cm³/mol. The Bertz CT molecular complexity index is 563. The van der Waals surface area contributed by atoms with Gasteiger partial charge in [-0.3, -0.25) is 9.78 Å². The van der Waals surface area contributed by atoms with Crippen molar-refractivity contribution in [3.05, 3.63) is 40.0 Å². The molecule has 0 atom stereocenters. The van der Waals surface area contributed by atoms with E-state index in [1.165, 1.54) is 0 Å². The highest BCUT2D eigenvalue weighted by molar-refractivity contribution is 6.35. The molecule has 1 heterocycles. The van der Waals surface area contributed by atoms with Gasteiger partial charge in [0.25, 0.3) is 0 Å². The Kier molecular flexibility index (Phi) is 2.92. The second-order valence-corrected chi connectivity index (χ2v) is 4.10. The van der Waals surface area contributed by atoms with Crippen molar-refractivity contribution >= 4 is 28.8 Å². The van der Waals surface area contributed by atoms with E-state index in [2.05, 4.69) is 4.98 Å². The minimum atomic E-state index is 0.657. The minimum absolute atomic E-state index is 0.657. The number of hydrogen-bond donors (Lipinski definition) is 0. The van der Waals surface area contributed by atoms with E-state index in [9.17, 15) is 4.79 Å². The molecular formula is C13H12ClNO. The molecule has 82 valence electrons. The van der Waals surface area contributed by atoms with Crippen molar-refractivity contribution in [2.24, 2.45) is 0 Å². The van der Waals surface area contributed by atoms with Crippen molar-refractivity contribution in [1.82, 2.24) is 4.98 Å². The Morgan fingerprint density at radius 3 is 2.81 bits per heavy atom. The quantitative estimate of drug-likeness (QED) is 0.743. The molecule has 0 saturated heterocycles. The predicted octanol–water partition coefficient (Wildman–Crippen LogP) is 3.57. The van der Waals surface area contributed by atoms with Crippen LogP contribution in [-0.4, -0.2) is 11.3 Å². The van der Waals surface area contributed by atoms with E-state index in [0.717, 1.165) is 34.9 Å². The van der Waals surface area contributed by atoms with Gasteiger partial charge in [-0.25, -0.2) is 0 Å². The fraction of sp³-hybridized carbons (Fsp3) is 0.231. The number of carbonyl (C=O) groups excluding carboxylic acids is 1. The zero-order valence-corrected chi connectivity index (χ0v) is 10.0. The van der Waals surface area contributed by atoms with Crippen molar-refractivity contribution < 1.29 is 4.79 Å². The van der Waals surface area contributed by atoms with Gasteiger partial charge in [-0.05, 0) is 31.0 Å². The van der Waals surface area contributed by atoms with Gasteiger partial charge in [-0.1, -0.05) is 24.6 Å². The van der Waals surface area contributed by atoms with E-state index in [-0.39, 0.29) is 0 Å². The molecule has 0 unspecified atom stereocenters. The topological polar surface area (TPSA) is 30.0 Å². The highest BCUT2D eigenvalue weighted by atomic mass is 35.5. The van der Waals surface area contributed by atoms with Gasteiger partial charge in [0, 0.05) is 16.6 Å². The molecule has 0 aliphatic heterocycles. The lowest BCUT2D eigenvalue weighted by molar-refractivity contribution is 0.112. The van der Waals surface area contributed by atoms with Gasteiger partial charge in [0.1, 0.15) is 0 Å². The number of aldehydes is 1. The molecule has 2 nitrogen and oxygen atoms in total. The molecule has 2 aromatic rings. The van der Waals surface area contributed by atoms with E-state index in [1.807, 2.05) is 32.0 Å². The molecule has 0 aliphatic rings. The maximum Gasteiger partial charge on any atom is 0.152 e. The first-order valence-corrected chi connectivity index (χ1v) is 5.59. The largest absolute Gasteiger partial charge is 0.298 e. The number of rotatable bonds is 2. The van der Waals surface area contributed by atoms with Gasteiger partial charge in [0.05, 0.1) is 10.5 Å². The Morgan fingerprint density at radius 2 is 2.19 bits per heavy atom. The number of fused-ring (bicyclic) bond motifs is 1. The van der Waals surface area contributed by atoms with Crippen molar-refractivity contribution in [2.45, 2.75) is 20.3 Å². The number of halogens is 1. The number of carbonyl (C=O) groups is 1. The molecule has 0 saturated carbocycles. The van der Waals surface area contributed by atoms with Crippen LogP contribution < -0.4 is 0 Å². The molecular weight excluding hydrogens is 222 g/mol. The molecule has 16 heavy (non-hydrogen) atoms. The fourth-order valence-electron chi connectivity index (χ4n) is 2.02. The van der Waals surface area contributed by atoms with Crippen LogP contribution in [0.2, 0.25) is 5.02 Å². The van der Waals surface area contributed by atoms with E-state index < -0.39 is 0 Å². The lowest BCUT2D eigenvalue weighted by atomic mass is 9.99. The first-order valence-electron chi connectivity index (χ1n) is 5.22. The minimum Gasteiger partial charge on any atom is -0.298 e. The van der Waals surface area contributed by atoms with Crippen molar-refractivity contribution in [3.63, 3.8) is 0 Å². The Morgan fingerprint density at radius 1 is 1.44 bits per heavy atom. The van der Waals surface area contributed by atoms with Gasteiger partial charge >= 0.3 is 0 Å². The van der Waals surface area contributed by atoms with Gasteiger partial charge < -0.3 is 0 Å². The lowest BCUT2D eigenvalue weighted by Crippen LogP contribution is -2.00. The maximum absolute atomic E-state index is 11.1. The molecule has 0 amide bonds. The number of pyridine rings is 1. The molecule has 1 aromatic carbocycles. The summed E-state index contributed by atoms with van der Waals surface area (Å²) in [6.45, 7) is 3.87. The summed E-state index contributed by atoms with van der Waals surface area (Å²) in [5.41, 5.74) is 3.28. The standard InChI is InChI=1S/C13H12ClNO/c1-3-9-10(7-16)8(2)15-12-6-4-5-11(14)13(9)12/h4-7H,3H2,1-2H3. The van der Waals surface area contributed by atoms with Crippen LogP contribution in [0.25, 0.3) is 10.9 Å². The molecule has 0 spiro atoms. The van der Waals surface area contributed by atoms with E-state index >= 15 is 0 Å². The van der Waals surface area contributed by atoms with E-state index in [0.29, 0.717) is 10.6 Å². The number of aryl methyl sites for hydroxylation is 2. The van der Waals surface area contributed by atoms with Gasteiger partial charge in [0.15, 0.2) is 6.29 Å². The second-order valence-electron chi connectivity index (χ2n) is 3.69. The summed E-state index contributed by atoms with van der Waals surface area (Å²) in [5, 5.41) is 1.56. The van der Waals surface area contributed by atoms with Crippen LogP contribution in [0.3, 0.4) is 0 Å². The van der Waals surface area contributed by atoms with Crippen LogP contribution in [0.5, 0.6) is 0 Å². The van der Waals surface area contributed by atoms with Crippen LogP contribution in [0, 0.1) is 6.92 Å². The number of nitrogens with zero attached hydrogens (tertiary/aromatic N) is 1. The second kappa shape index (κ2) is 4.22. The third-order valence-corrected chi connectivity index (χ3v) is 3.08. The van der Waals surface area contributed by atoms with Gasteiger partial charge in [0.2, 0.25) is 0 Å². The SMILES string of the molecule is CCc1c(C=O)c(C)nc2cccc(Cl)c12. The first-order chi connectivity index (χ1) is 7.69. The summed E-state index contributed by atoms with van der Waals surface area (Å²) in [7, 11) is 0. The molecule has 0 radical (unpaired) electrons. The van der Waals surface area contributed by atoms with Crippen LogP contribution in [0.1, 0.15) is 28.5 Å². The first kappa shape index (κ1) is 11.1. The molecule has 0 bridgehead atoms. The summed E-state index contributed by atoms with van der Waals surface area (Å²) in [6, 6.07) is 5.62. The third-order valence-electron chi connectivity index (χ3n) is 2.77. The van der Waals surface area contributed by atoms with Crippen LogP contribution in [-0.2, 0) is 6.42 Å². The van der Waals surface area contributed by atoms with Crippen LogP contribution in [0.15, 0.2) is 18.2 Å².